The molecular formula is C31H23Cl2NO2. The van der Waals surface area contributed by atoms with Gasteiger partial charge in [0.05, 0.1) is 0 Å². The van der Waals surface area contributed by atoms with E-state index in [0.29, 0.717) is 28.5 Å². The van der Waals surface area contributed by atoms with Crippen LogP contribution in [0.1, 0.15) is 42.2 Å². The average Bonchev–Trinajstić information content (AvgIpc) is 2.88. The lowest BCUT2D eigenvalue weighted by Crippen LogP contribution is -2.41. The van der Waals surface area contributed by atoms with Crippen LogP contribution in [-0.4, -0.2) is 11.7 Å². The number of carbonyl (C=O) groups is 2. The summed E-state index contributed by atoms with van der Waals surface area (Å²) in [6.07, 6.45) is 1.18. The molecule has 178 valence electrons. The fraction of sp³-hybridized carbons (Fsp3) is 0.161. The predicted molar refractivity (Wildman–Crippen MR) is 146 cm³/mol. The largest absolute Gasteiger partial charge is 0.294 e. The zero-order valence-electron chi connectivity index (χ0n) is 19.5. The second-order valence-corrected chi connectivity index (χ2v) is 10.3. The van der Waals surface area contributed by atoms with Gasteiger partial charge in [0.25, 0.3) is 0 Å². The van der Waals surface area contributed by atoms with Crippen LogP contribution in [-0.2, 0) is 9.59 Å². The lowest BCUT2D eigenvalue weighted by molar-refractivity contribution is -0.120. The van der Waals surface area contributed by atoms with Gasteiger partial charge in [0, 0.05) is 45.8 Å². The molecule has 0 bridgehead atoms. The number of hydrogen-bond donors (Lipinski definition) is 0. The van der Waals surface area contributed by atoms with Crippen molar-refractivity contribution >= 4 is 51.4 Å². The molecule has 1 aliphatic heterocycles. The van der Waals surface area contributed by atoms with Crippen molar-refractivity contribution in [3.05, 3.63) is 123 Å². The first-order valence-electron chi connectivity index (χ1n) is 12.1. The normalized spacial score (nSPS) is 20.1. The molecule has 1 amide bonds. The van der Waals surface area contributed by atoms with E-state index >= 15 is 0 Å². The molecule has 2 atom stereocenters. The van der Waals surface area contributed by atoms with Crippen LogP contribution in [0.25, 0.3) is 10.8 Å². The summed E-state index contributed by atoms with van der Waals surface area (Å²) in [6.45, 7) is 0. The molecule has 2 aliphatic rings. The summed E-state index contributed by atoms with van der Waals surface area (Å²) in [7, 11) is 0. The molecular weight excluding hydrogens is 489 g/mol. The van der Waals surface area contributed by atoms with Crippen molar-refractivity contribution in [2.75, 3.05) is 4.90 Å². The van der Waals surface area contributed by atoms with Crippen molar-refractivity contribution in [3.63, 3.8) is 0 Å². The highest BCUT2D eigenvalue weighted by Gasteiger charge is 2.43. The molecule has 0 saturated heterocycles. The summed E-state index contributed by atoms with van der Waals surface area (Å²) in [5.41, 5.74) is 4.14. The molecule has 36 heavy (non-hydrogen) atoms. The van der Waals surface area contributed by atoms with E-state index in [1.54, 1.807) is 17.0 Å². The van der Waals surface area contributed by atoms with Gasteiger partial charge in [-0.15, -0.1) is 0 Å². The fourth-order valence-corrected chi connectivity index (χ4v) is 6.20. The molecule has 0 N–H and O–H groups in total. The van der Waals surface area contributed by atoms with Gasteiger partial charge in [0.15, 0.2) is 5.78 Å². The van der Waals surface area contributed by atoms with Crippen LogP contribution in [0, 0.1) is 0 Å². The topological polar surface area (TPSA) is 37.4 Å². The first kappa shape index (κ1) is 23.0. The third kappa shape index (κ3) is 4.03. The molecule has 0 fully saturated rings. The number of Topliss-reactive ketones (excluding diaryl/α,β-unsaturated/α-hetero) is 1. The highest BCUT2D eigenvalue weighted by molar-refractivity contribution is 6.35. The standard InChI is InChI=1S/C31H23Cl2NO2/c32-23-11-13-25(27(33)17-23)26-18-30(36)34(24-12-10-20-8-4-5-9-21(20)14-24)28-15-22(16-29(35)31(26)28)19-6-2-1-3-7-19/h1-14,17,22,26H,15-16,18H2. The van der Waals surface area contributed by atoms with Gasteiger partial charge in [-0.3, -0.25) is 14.5 Å². The minimum Gasteiger partial charge on any atom is -0.294 e. The number of benzene rings is 4. The molecule has 0 spiro atoms. The van der Waals surface area contributed by atoms with Crippen LogP contribution in [0.15, 0.2) is 102 Å². The molecule has 1 heterocycles. The van der Waals surface area contributed by atoms with Crippen LogP contribution in [0.2, 0.25) is 10.0 Å². The molecule has 1 aliphatic carbocycles. The van der Waals surface area contributed by atoms with Crippen LogP contribution in [0.3, 0.4) is 0 Å². The lowest BCUT2D eigenvalue weighted by atomic mass is 9.72. The van der Waals surface area contributed by atoms with Gasteiger partial charge in [0.1, 0.15) is 0 Å². The van der Waals surface area contributed by atoms with E-state index in [-0.39, 0.29) is 24.0 Å². The first-order valence-corrected chi connectivity index (χ1v) is 12.8. The molecule has 5 heteroatoms. The number of hydrogen-bond acceptors (Lipinski definition) is 2. The maximum Gasteiger partial charge on any atom is 0.232 e. The number of fused-ring (bicyclic) bond motifs is 1. The fourth-order valence-electron chi connectivity index (χ4n) is 5.66. The quantitative estimate of drug-likeness (QED) is 0.278. The SMILES string of the molecule is O=C1CC(c2ccccc2)CC2=C1C(c1ccc(Cl)cc1Cl)CC(=O)N2c1ccc2ccccc2c1. The van der Waals surface area contributed by atoms with E-state index in [4.69, 9.17) is 23.2 Å². The molecule has 3 nitrogen and oxygen atoms in total. The molecule has 0 aromatic heterocycles. The summed E-state index contributed by atoms with van der Waals surface area (Å²) < 4.78 is 0. The Morgan fingerprint density at radius 3 is 2.25 bits per heavy atom. The van der Waals surface area contributed by atoms with Gasteiger partial charge in [0.2, 0.25) is 5.91 Å². The van der Waals surface area contributed by atoms with Gasteiger partial charge in [-0.05, 0) is 58.5 Å². The number of rotatable bonds is 3. The third-order valence-corrected chi connectivity index (χ3v) is 7.89. The molecule has 2 unspecified atom stereocenters. The molecule has 4 aromatic carbocycles. The van der Waals surface area contributed by atoms with Crippen molar-refractivity contribution in [2.45, 2.75) is 31.1 Å². The number of carbonyl (C=O) groups excluding carboxylic acids is 2. The Balaban J connectivity index is 1.53. The van der Waals surface area contributed by atoms with Gasteiger partial charge in [-0.25, -0.2) is 0 Å². The van der Waals surface area contributed by atoms with Crippen molar-refractivity contribution in [1.29, 1.82) is 0 Å². The number of ketones is 1. The summed E-state index contributed by atoms with van der Waals surface area (Å²) >= 11 is 12.7. The minimum atomic E-state index is -0.391. The number of nitrogens with zero attached hydrogens (tertiary/aromatic N) is 1. The van der Waals surface area contributed by atoms with Crippen LogP contribution in [0.5, 0.6) is 0 Å². The van der Waals surface area contributed by atoms with E-state index in [1.807, 2.05) is 60.7 Å². The first-order chi connectivity index (χ1) is 17.5. The van der Waals surface area contributed by atoms with Gasteiger partial charge >= 0.3 is 0 Å². The Morgan fingerprint density at radius 2 is 1.47 bits per heavy atom. The van der Waals surface area contributed by atoms with Crippen LogP contribution >= 0.6 is 23.2 Å². The van der Waals surface area contributed by atoms with E-state index in [1.165, 1.54) is 0 Å². The van der Waals surface area contributed by atoms with E-state index in [9.17, 15) is 9.59 Å². The van der Waals surface area contributed by atoms with Crippen molar-refractivity contribution < 1.29 is 9.59 Å². The second-order valence-electron chi connectivity index (χ2n) is 9.48. The maximum atomic E-state index is 13.8. The van der Waals surface area contributed by atoms with Crippen LogP contribution < -0.4 is 4.90 Å². The summed E-state index contributed by atoms with van der Waals surface area (Å²) in [4.78, 5) is 29.4. The molecule has 6 rings (SSSR count). The summed E-state index contributed by atoms with van der Waals surface area (Å²) in [5.74, 6) is -0.355. The third-order valence-electron chi connectivity index (χ3n) is 7.33. The van der Waals surface area contributed by atoms with Crippen molar-refractivity contribution in [2.24, 2.45) is 0 Å². The number of anilines is 1. The molecule has 0 saturated carbocycles. The Hall–Kier alpha value is -3.40. The Kier molecular flexibility index (Phi) is 5.91. The number of halogens is 2. The number of allylic oxidation sites excluding steroid dienone is 2. The smallest absolute Gasteiger partial charge is 0.232 e. The lowest BCUT2D eigenvalue weighted by Gasteiger charge is -2.40. The van der Waals surface area contributed by atoms with Gasteiger partial charge < -0.3 is 0 Å². The zero-order valence-corrected chi connectivity index (χ0v) is 21.0. The zero-order chi connectivity index (χ0) is 24.8. The van der Waals surface area contributed by atoms with Crippen LogP contribution in [0.4, 0.5) is 5.69 Å². The maximum absolute atomic E-state index is 13.8. The Bertz CT molecular complexity index is 1540. The Labute approximate surface area is 219 Å². The molecule has 4 aromatic rings. The molecule has 0 radical (unpaired) electrons. The van der Waals surface area contributed by atoms with E-state index in [0.717, 1.165) is 33.3 Å². The van der Waals surface area contributed by atoms with Gasteiger partial charge in [-0.1, -0.05) is 89.9 Å². The highest BCUT2D eigenvalue weighted by atomic mass is 35.5. The Morgan fingerprint density at radius 1 is 0.722 bits per heavy atom. The van der Waals surface area contributed by atoms with Crippen molar-refractivity contribution in [3.8, 4) is 0 Å². The van der Waals surface area contributed by atoms with E-state index in [2.05, 4.69) is 18.2 Å². The second kappa shape index (κ2) is 9.24. The summed E-state index contributed by atoms with van der Waals surface area (Å²) in [6, 6.07) is 29.5. The summed E-state index contributed by atoms with van der Waals surface area (Å²) in [5, 5.41) is 3.16. The van der Waals surface area contributed by atoms with E-state index < -0.39 is 5.92 Å². The van der Waals surface area contributed by atoms with Gasteiger partial charge in [-0.2, -0.15) is 0 Å². The van der Waals surface area contributed by atoms with Crippen molar-refractivity contribution in [1.82, 2.24) is 0 Å². The minimum absolute atomic E-state index is 0.00708. The number of amides is 1. The monoisotopic (exact) mass is 511 g/mol. The predicted octanol–water partition coefficient (Wildman–Crippen LogP) is 8.07. The highest BCUT2D eigenvalue weighted by Crippen LogP contribution is 2.48. The average molecular weight is 512 g/mol.